The van der Waals surface area contributed by atoms with Gasteiger partial charge in [0.05, 0.1) is 5.71 Å². The number of halogens is 4. The molecule has 0 radical (unpaired) electrons. The molecule has 5 heteroatoms. The third-order valence-electron chi connectivity index (χ3n) is 1.84. The summed E-state index contributed by atoms with van der Waals surface area (Å²) in [5.41, 5.74) is -1.95. The van der Waals surface area contributed by atoms with Gasteiger partial charge in [-0.1, -0.05) is 12.7 Å². The van der Waals surface area contributed by atoms with Gasteiger partial charge in [0, 0.05) is 5.57 Å². The normalized spacial score (nSPS) is 35.1. The SMILES string of the molecule is C=CC1=C(F)C(F)C(=N)C(F)C1F. The zero-order valence-electron chi connectivity index (χ0n) is 6.53. The van der Waals surface area contributed by atoms with E-state index in [9.17, 15) is 17.6 Å². The molecule has 0 aromatic carbocycles. The molecule has 0 fully saturated rings. The van der Waals surface area contributed by atoms with Crippen molar-refractivity contribution in [3.63, 3.8) is 0 Å². The van der Waals surface area contributed by atoms with E-state index in [0.29, 0.717) is 0 Å². The first-order chi connectivity index (χ1) is 6.00. The second kappa shape index (κ2) is 3.32. The number of alkyl halides is 3. The van der Waals surface area contributed by atoms with Gasteiger partial charge in [-0.05, 0) is 0 Å². The molecule has 0 saturated carbocycles. The minimum atomic E-state index is -2.48. The van der Waals surface area contributed by atoms with Crippen LogP contribution in [0.3, 0.4) is 0 Å². The predicted octanol–water partition coefficient (Wildman–Crippen LogP) is 2.44. The minimum absolute atomic E-state index is 0.728. The number of hydrogen-bond donors (Lipinski definition) is 1. The summed E-state index contributed by atoms with van der Waals surface area (Å²) >= 11 is 0. The van der Waals surface area contributed by atoms with E-state index in [1.165, 1.54) is 0 Å². The minimum Gasteiger partial charge on any atom is -0.303 e. The molecule has 1 rings (SSSR count). The van der Waals surface area contributed by atoms with Gasteiger partial charge in [-0.25, -0.2) is 17.6 Å². The summed E-state index contributed by atoms with van der Waals surface area (Å²) in [4.78, 5) is 0. The average molecular weight is 193 g/mol. The fourth-order valence-electron chi connectivity index (χ4n) is 1.08. The monoisotopic (exact) mass is 193 g/mol. The molecule has 72 valence electrons. The number of nitrogens with one attached hydrogen (secondary N) is 1. The molecule has 1 aliphatic carbocycles. The molecule has 0 amide bonds. The standard InChI is InChI=1S/C8H7F4N/c1-2-3-4(9)6(11)8(13)7(12)5(3)10/h2,4,6-7,13H,1H2. The van der Waals surface area contributed by atoms with Crippen LogP contribution in [0.25, 0.3) is 0 Å². The molecule has 0 heterocycles. The second-order valence-corrected chi connectivity index (χ2v) is 2.63. The van der Waals surface area contributed by atoms with Gasteiger partial charge in [-0.15, -0.1) is 0 Å². The van der Waals surface area contributed by atoms with Crippen LogP contribution in [0.5, 0.6) is 0 Å². The molecule has 0 saturated heterocycles. The van der Waals surface area contributed by atoms with Crippen molar-refractivity contribution < 1.29 is 17.6 Å². The molecule has 1 N–H and O–H groups in total. The number of rotatable bonds is 1. The van der Waals surface area contributed by atoms with E-state index < -0.39 is 35.6 Å². The van der Waals surface area contributed by atoms with Crippen molar-refractivity contribution in [1.29, 1.82) is 5.41 Å². The number of hydrogen-bond acceptors (Lipinski definition) is 1. The second-order valence-electron chi connectivity index (χ2n) is 2.63. The lowest BCUT2D eigenvalue weighted by Crippen LogP contribution is -2.39. The maximum atomic E-state index is 12.9. The Bertz CT molecular complexity index is 284. The fraction of sp³-hybridized carbons (Fsp3) is 0.375. The summed E-state index contributed by atoms with van der Waals surface area (Å²) in [6, 6.07) is 0. The molecule has 3 unspecified atom stereocenters. The highest BCUT2D eigenvalue weighted by atomic mass is 19.2. The Hall–Kier alpha value is -1.13. The molecule has 3 atom stereocenters. The Labute approximate surface area is 72.3 Å². The first-order valence-corrected chi connectivity index (χ1v) is 3.53. The topological polar surface area (TPSA) is 23.9 Å². The van der Waals surface area contributed by atoms with Crippen LogP contribution in [0.15, 0.2) is 24.1 Å². The highest BCUT2D eigenvalue weighted by molar-refractivity contribution is 5.94. The van der Waals surface area contributed by atoms with Gasteiger partial charge in [0.25, 0.3) is 0 Å². The Kier molecular flexibility index (Phi) is 2.54. The Morgan fingerprint density at radius 1 is 1.23 bits per heavy atom. The predicted molar refractivity (Wildman–Crippen MR) is 40.7 cm³/mol. The summed E-state index contributed by atoms with van der Waals surface area (Å²) in [6.45, 7) is 3.04. The van der Waals surface area contributed by atoms with Gasteiger partial charge < -0.3 is 5.41 Å². The summed E-state index contributed by atoms with van der Waals surface area (Å²) in [7, 11) is 0. The molecule has 13 heavy (non-hydrogen) atoms. The van der Waals surface area contributed by atoms with Crippen molar-refractivity contribution in [2.45, 2.75) is 18.5 Å². The van der Waals surface area contributed by atoms with E-state index in [1.807, 2.05) is 0 Å². The zero-order valence-corrected chi connectivity index (χ0v) is 6.53. The highest BCUT2D eigenvalue weighted by Gasteiger charge is 2.41. The van der Waals surface area contributed by atoms with Crippen LogP contribution >= 0.6 is 0 Å². The third kappa shape index (κ3) is 1.38. The molecule has 0 spiro atoms. The first-order valence-electron chi connectivity index (χ1n) is 3.53. The lowest BCUT2D eigenvalue weighted by atomic mass is 9.92. The Balaban J connectivity index is 3.17. The fourth-order valence-corrected chi connectivity index (χ4v) is 1.08. The van der Waals surface area contributed by atoms with Crippen molar-refractivity contribution in [1.82, 2.24) is 0 Å². The molecule has 0 aromatic rings. The van der Waals surface area contributed by atoms with Crippen LogP contribution in [0.4, 0.5) is 17.6 Å². The highest BCUT2D eigenvalue weighted by Crippen LogP contribution is 2.31. The molecule has 0 aliphatic heterocycles. The average Bonchev–Trinajstić information content (AvgIpc) is 2.13. The Morgan fingerprint density at radius 2 is 1.77 bits per heavy atom. The van der Waals surface area contributed by atoms with Crippen molar-refractivity contribution in [3.05, 3.63) is 24.1 Å². The van der Waals surface area contributed by atoms with Gasteiger partial charge in [-0.2, -0.15) is 0 Å². The quantitative estimate of drug-likeness (QED) is 0.618. The molecule has 1 nitrogen and oxygen atoms in total. The molecular weight excluding hydrogens is 186 g/mol. The van der Waals surface area contributed by atoms with Gasteiger partial charge in [-0.3, -0.25) is 0 Å². The summed E-state index contributed by atoms with van der Waals surface area (Å²) in [6.07, 6.45) is -6.49. The van der Waals surface area contributed by atoms with Crippen LogP contribution in [0.2, 0.25) is 0 Å². The maximum absolute atomic E-state index is 12.9. The van der Waals surface area contributed by atoms with E-state index in [-0.39, 0.29) is 0 Å². The Morgan fingerprint density at radius 3 is 2.23 bits per heavy atom. The van der Waals surface area contributed by atoms with E-state index in [1.54, 1.807) is 0 Å². The van der Waals surface area contributed by atoms with E-state index in [4.69, 9.17) is 5.41 Å². The van der Waals surface area contributed by atoms with Gasteiger partial charge in [0.2, 0.25) is 0 Å². The maximum Gasteiger partial charge on any atom is 0.192 e. The van der Waals surface area contributed by atoms with Crippen LogP contribution in [0.1, 0.15) is 0 Å². The lowest BCUT2D eigenvalue weighted by Gasteiger charge is -2.24. The lowest BCUT2D eigenvalue weighted by molar-refractivity contribution is 0.221. The van der Waals surface area contributed by atoms with Crippen LogP contribution in [-0.4, -0.2) is 24.2 Å². The van der Waals surface area contributed by atoms with Crippen LogP contribution in [0, 0.1) is 5.41 Å². The molecule has 1 aliphatic rings. The first kappa shape index (κ1) is 9.95. The van der Waals surface area contributed by atoms with Gasteiger partial charge in [0.15, 0.2) is 18.5 Å². The van der Waals surface area contributed by atoms with E-state index in [0.717, 1.165) is 6.08 Å². The zero-order chi connectivity index (χ0) is 10.2. The van der Waals surface area contributed by atoms with Crippen molar-refractivity contribution in [3.8, 4) is 0 Å². The van der Waals surface area contributed by atoms with E-state index >= 15 is 0 Å². The molecular formula is C8H7F4N. The largest absolute Gasteiger partial charge is 0.303 e. The van der Waals surface area contributed by atoms with Crippen molar-refractivity contribution in [2.75, 3.05) is 0 Å². The van der Waals surface area contributed by atoms with Gasteiger partial charge in [0.1, 0.15) is 5.83 Å². The number of allylic oxidation sites excluding steroid dienone is 3. The molecule has 0 bridgehead atoms. The van der Waals surface area contributed by atoms with Crippen molar-refractivity contribution >= 4 is 5.71 Å². The van der Waals surface area contributed by atoms with Crippen molar-refractivity contribution in [2.24, 2.45) is 0 Å². The smallest absolute Gasteiger partial charge is 0.192 e. The summed E-state index contributed by atoms with van der Waals surface area (Å²) in [5, 5.41) is 6.73. The summed E-state index contributed by atoms with van der Waals surface area (Å²) in [5.74, 6) is -1.46. The third-order valence-corrected chi connectivity index (χ3v) is 1.84. The van der Waals surface area contributed by atoms with E-state index in [2.05, 4.69) is 6.58 Å². The van der Waals surface area contributed by atoms with Gasteiger partial charge >= 0.3 is 0 Å². The van der Waals surface area contributed by atoms with Crippen LogP contribution < -0.4 is 0 Å². The van der Waals surface area contributed by atoms with Crippen LogP contribution in [-0.2, 0) is 0 Å². The summed E-state index contributed by atoms with van der Waals surface area (Å²) < 4.78 is 51.1. The molecule has 0 aromatic heterocycles.